The third kappa shape index (κ3) is 2.88. The van der Waals surface area contributed by atoms with Gasteiger partial charge in [-0.2, -0.15) is 0 Å². The Hall–Kier alpha value is -1.59. The van der Waals surface area contributed by atoms with Crippen molar-refractivity contribution in [3.8, 4) is 0 Å². The summed E-state index contributed by atoms with van der Waals surface area (Å²) in [5.74, 6) is 0. The molecule has 2 rings (SSSR count). The summed E-state index contributed by atoms with van der Waals surface area (Å²) in [6.07, 6.45) is 0.556. The van der Waals surface area contributed by atoms with Crippen LogP contribution in [0.2, 0.25) is 0 Å². The molecule has 1 amide bonds. The first-order valence-corrected chi connectivity index (χ1v) is 6.72. The lowest BCUT2D eigenvalue weighted by Crippen LogP contribution is -2.47. The molecular weight excluding hydrogens is 244 g/mol. The summed E-state index contributed by atoms with van der Waals surface area (Å²) in [5.41, 5.74) is 1.51. The molecule has 0 saturated carbocycles. The molecule has 1 unspecified atom stereocenters. The lowest BCUT2D eigenvalue weighted by molar-refractivity contribution is 0.00895. The largest absolute Gasteiger partial charge is 0.444 e. The number of nitrogens with zero attached hydrogens (tertiary/aromatic N) is 4. The molecule has 1 aliphatic rings. The lowest BCUT2D eigenvalue weighted by Gasteiger charge is -2.35. The minimum atomic E-state index is -0.472. The smallest absolute Gasteiger partial charge is 0.410 e. The van der Waals surface area contributed by atoms with Crippen LogP contribution in [0.1, 0.15) is 46.0 Å². The molecule has 106 valence electrons. The van der Waals surface area contributed by atoms with Gasteiger partial charge in [-0.1, -0.05) is 12.1 Å². The lowest BCUT2D eigenvalue weighted by atomic mass is 10.1. The minimum absolute atomic E-state index is 0.0637. The van der Waals surface area contributed by atoms with Gasteiger partial charge in [0.2, 0.25) is 0 Å². The van der Waals surface area contributed by atoms with Crippen molar-refractivity contribution in [1.82, 2.24) is 19.9 Å². The van der Waals surface area contributed by atoms with Crippen LogP contribution in [0.25, 0.3) is 0 Å². The second kappa shape index (κ2) is 4.83. The van der Waals surface area contributed by atoms with E-state index in [0.29, 0.717) is 13.1 Å². The third-order valence-electron chi connectivity index (χ3n) is 3.17. The van der Waals surface area contributed by atoms with E-state index in [2.05, 4.69) is 10.3 Å². The first-order valence-electron chi connectivity index (χ1n) is 6.72. The zero-order valence-corrected chi connectivity index (χ0v) is 12.3. The molecule has 0 spiro atoms. The van der Waals surface area contributed by atoms with Crippen LogP contribution < -0.4 is 0 Å². The second-order valence-corrected chi connectivity index (χ2v) is 5.98. The molecule has 6 heteroatoms. The fourth-order valence-corrected chi connectivity index (χ4v) is 2.19. The number of ether oxygens (including phenoxy) is 1. The van der Waals surface area contributed by atoms with Gasteiger partial charge in [0, 0.05) is 0 Å². The van der Waals surface area contributed by atoms with E-state index in [1.165, 1.54) is 0 Å². The standard InChI is InChI=1S/C13H22N4O2/c1-6-10-11-8-16(12(18)19-13(3,4)5)9(2)7-17(11)15-14-10/h9H,6-8H2,1-5H3. The van der Waals surface area contributed by atoms with Crippen LogP contribution in [0.3, 0.4) is 0 Å². The maximum Gasteiger partial charge on any atom is 0.410 e. The molecule has 0 aliphatic carbocycles. The Morgan fingerprint density at radius 1 is 1.47 bits per heavy atom. The summed E-state index contributed by atoms with van der Waals surface area (Å²) in [6.45, 7) is 10.9. The second-order valence-electron chi connectivity index (χ2n) is 5.98. The number of hydrogen-bond donors (Lipinski definition) is 0. The quantitative estimate of drug-likeness (QED) is 0.780. The van der Waals surface area contributed by atoms with Gasteiger partial charge < -0.3 is 4.74 Å². The summed E-state index contributed by atoms with van der Waals surface area (Å²) in [4.78, 5) is 14.0. The van der Waals surface area contributed by atoms with Gasteiger partial charge in [0.15, 0.2) is 0 Å². The van der Waals surface area contributed by atoms with E-state index >= 15 is 0 Å². The Labute approximate surface area is 113 Å². The van der Waals surface area contributed by atoms with Gasteiger partial charge in [0.1, 0.15) is 5.60 Å². The van der Waals surface area contributed by atoms with Gasteiger partial charge in [-0.25, -0.2) is 9.48 Å². The van der Waals surface area contributed by atoms with E-state index in [-0.39, 0.29) is 12.1 Å². The van der Waals surface area contributed by atoms with E-state index in [4.69, 9.17) is 4.74 Å². The number of aromatic nitrogens is 3. The van der Waals surface area contributed by atoms with Gasteiger partial charge in [-0.3, -0.25) is 4.90 Å². The highest BCUT2D eigenvalue weighted by molar-refractivity contribution is 5.68. The van der Waals surface area contributed by atoms with Crippen molar-refractivity contribution in [3.63, 3.8) is 0 Å². The average Bonchev–Trinajstić information content (AvgIpc) is 2.67. The molecule has 1 atom stereocenters. The van der Waals surface area contributed by atoms with Crippen LogP contribution in [0.15, 0.2) is 0 Å². The van der Waals surface area contributed by atoms with Crippen LogP contribution in [0.5, 0.6) is 0 Å². The molecule has 0 fully saturated rings. The molecule has 0 N–H and O–H groups in total. The van der Waals surface area contributed by atoms with E-state index in [1.807, 2.05) is 39.3 Å². The van der Waals surface area contributed by atoms with Crippen LogP contribution in [-0.2, 0) is 24.2 Å². The zero-order chi connectivity index (χ0) is 14.2. The molecule has 6 nitrogen and oxygen atoms in total. The average molecular weight is 266 g/mol. The van der Waals surface area contributed by atoms with Gasteiger partial charge in [0.05, 0.1) is 30.5 Å². The Kier molecular flexibility index (Phi) is 3.52. The van der Waals surface area contributed by atoms with Crippen molar-refractivity contribution >= 4 is 6.09 Å². The maximum absolute atomic E-state index is 12.2. The maximum atomic E-state index is 12.2. The number of carbonyl (C=O) groups excluding carboxylic acids is 1. The first kappa shape index (κ1) is 13.8. The van der Waals surface area contributed by atoms with Gasteiger partial charge in [-0.05, 0) is 34.1 Å². The monoisotopic (exact) mass is 266 g/mol. The number of hydrogen-bond acceptors (Lipinski definition) is 4. The Morgan fingerprint density at radius 2 is 2.16 bits per heavy atom. The normalized spacial score (nSPS) is 19.2. The van der Waals surface area contributed by atoms with Crippen molar-refractivity contribution in [2.24, 2.45) is 0 Å². The summed E-state index contributed by atoms with van der Waals surface area (Å²) in [5, 5.41) is 8.29. The van der Waals surface area contributed by atoms with E-state index in [1.54, 1.807) is 4.90 Å². The molecule has 2 heterocycles. The number of carbonyl (C=O) groups is 1. The Balaban J connectivity index is 2.18. The highest BCUT2D eigenvalue weighted by Crippen LogP contribution is 2.21. The molecule has 1 aromatic rings. The number of amides is 1. The van der Waals surface area contributed by atoms with Crippen LogP contribution in [-0.4, -0.2) is 37.6 Å². The van der Waals surface area contributed by atoms with Crippen LogP contribution in [0, 0.1) is 0 Å². The predicted molar refractivity (Wildman–Crippen MR) is 70.6 cm³/mol. The fourth-order valence-electron chi connectivity index (χ4n) is 2.19. The Bertz CT molecular complexity index is 475. The SMILES string of the molecule is CCc1nnn2c1CN(C(=O)OC(C)(C)C)C(C)C2. The molecule has 0 bridgehead atoms. The first-order chi connectivity index (χ1) is 8.81. The van der Waals surface area contributed by atoms with Crippen LogP contribution in [0.4, 0.5) is 4.79 Å². The minimum Gasteiger partial charge on any atom is -0.444 e. The highest BCUT2D eigenvalue weighted by Gasteiger charge is 2.32. The summed E-state index contributed by atoms with van der Waals surface area (Å²) < 4.78 is 7.34. The molecular formula is C13H22N4O2. The van der Waals surface area contributed by atoms with Gasteiger partial charge in [-0.15, -0.1) is 5.10 Å². The van der Waals surface area contributed by atoms with Crippen molar-refractivity contribution < 1.29 is 9.53 Å². The van der Waals surface area contributed by atoms with Gasteiger partial charge in [0.25, 0.3) is 0 Å². The summed E-state index contributed by atoms with van der Waals surface area (Å²) in [7, 11) is 0. The van der Waals surface area contributed by atoms with Crippen molar-refractivity contribution in [1.29, 1.82) is 0 Å². The summed E-state index contributed by atoms with van der Waals surface area (Å²) >= 11 is 0. The highest BCUT2D eigenvalue weighted by atomic mass is 16.6. The fraction of sp³-hybridized carbons (Fsp3) is 0.769. The Morgan fingerprint density at radius 3 is 2.74 bits per heavy atom. The molecule has 0 aromatic carbocycles. The molecule has 19 heavy (non-hydrogen) atoms. The number of aryl methyl sites for hydroxylation is 1. The topological polar surface area (TPSA) is 60.2 Å². The molecule has 0 saturated heterocycles. The number of rotatable bonds is 1. The van der Waals surface area contributed by atoms with E-state index < -0.39 is 5.60 Å². The molecule has 1 aliphatic heterocycles. The molecule has 1 aromatic heterocycles. The van der Waals surface area contributed by atoms with Crippen molar-refractivity contribution in [3.05, 3.63) is 11.4 Å². The van der Waals surface area contributed by atoms with Crippen molar-refractivity contribution in [2.45, 2.75) is 65.8 Å². The number of fused-ring (bicyclic) bond motifs is 1. The van der Waals surface area contributed by atoms with E-state index in [9.17, 15) is 4.79 Å². The van der Waals surface area contributed by atoms with E-state index in [0.717, 1.165) is 17.8 Å². The predicted octanol–water partition coefficient (Wildman–Crippen LogP) is 1.98. The van der Waals surface area contributed by atoms with Crippen LogP contribution >= 0.6 is 0 Å². The summed E-state index contributed by atoms with van der Waals surface area (Å²) in [6, 6.07) is 0.0637. The van der Waals surface area contributed by atoms with Crippen molar-refractivity contribution in [2.75, 3.05) is 0 Å². The van der Waals surface area contributed by atoms with Gasteiger partial charge >= 0.3 is 6.09 Å². The molecule has 0 radical (unpaired) electrons. The third-order valence-corrected chi connectivity index (χ3v) is 3.17. The zero-order valence-electron chi connectivity index (χ0n) is 12.3.